The Hall–Kier alpha value is -1.66. The predicted octanol–water partition coefficient (Wildman–Crippen LogP) is 2.02. The van der Waals surface area contributed by atoms with Crippen LogP contribution in [0.5, 0.6) is 0 Å². The topological polar surface area (TPSA) is 57.6 Å². The molecule has 17 heavy (non-hydrogen) atoms. The summed E-state index contributed by atoms with van der Waals surface area (Å²) in [5, 5.41) is 8.63. The van der Waals surface area contributed by atoms with Gasteiger partial charge in [0.1, 0.15) is 0 Å². The number of thioether (sulfide) groups is 1. The highest BCUT2D eigenvalue weighted by Crippen LogP contribution is 2.34. The Bertz CT molecular complexity index is 525. The van der Waals surface area contributed by atoms with E-state index >= 15 is 0 Å². The van der Waals surface area contributed by atoms with Crippen molar-refractivity contribution in [3.05, 3.63) is 41.3 Å². The standard InChI is InChI=1S/C11H7NO3S2/c13-9(14)6-8-10(15)12(11(16)17-8)7-4-2-1-3-5-7/h1-6H,(H,13,14)/b8-6+. The highest BCUT2D eigenvalue weighted by atomic mass is 32.2. The molecule has 0 atom stereocenters. The number of hydrogen-bond donors (Lipinski definition) is 1. The molecule has 1 N–H and O–H groups in total. The Kier molecular flexibility index (Phi) is 3.26. The molecule has 4 nitrogen and oxygen atoms in total. The van der Waals surface area contributed by atoms with Crippen LogP contribution in [0.4, 0.5) is 5.69 Å². The lowest BCUT2D eigenvalue weighted by molar-refractivity contribution is -0.131. The van der Waals surface area contributed by atoms with Gasteiger partial charge in [-0.1, -0.05) is 42.2 Å². The third-order valence-electron chi connectivity index (χ3n) is 2.06. The molecule has 1 aromatic rings. The summed E-state index contributed by atoms with van der Waals surface area (Å²) in [6.45, 7) is 0. The van der Waals surface area contributed by atoms with Gasteiger partial charge < -0.3 is 5.11 Å². The van der Waals surface area contributed by atoms with Crippen LogP contribution in [0.15, 0.2) is 41.3 Å². The van der Waals surface area contributed by atoms with Crippen LogP contribution >= 0.6 is 24.0 Å². The molecular formula is C11H7NO3S2. The van der Waals surface area contributed by atoms with E-state index in [2.05, 4.69) is 0 Å². The maximum atomic E-state index is 11.9. The van der Waals surface area contributed by atoms with Crippen LogP contribution in [0.2, 0.25) is 0 Å². The summed E-state index contributed by atoms with van der Waals surface area (Å²) >= 11 is 6.06. The minimum absolute atomic E-state index is 0.131. The molecule has 1 aliphatic rings. The fourth-order valence-corrected chi connectivity index (χ4v) is 2.64. The second kappa shape index (κ2) is 4.68. The maximum absolute atomic E-state index is 11.9. The predicted molar refractivity (Wildman–Crippen MR) is 69.8 cm³/mol. The lowest BCUT2D eigenvalue weighted by Gasteiger charge is -2.13. The third-order valence-corrected chi connectivity index (χ3v) is 3.36. The number of para-hydroxylation sites is 1. The Morgan fingerprint density at radius 2 is 2.00 bits per heavy atom. The minimum Gasteiger partial charge on any atom is -0.478 e. The first-order chi connectivity index (χ1) is 8.09. The molecule has 0 saturated carbocycles. The van der Waals surface area contributed by atoms with Crippen molar-refractivity contribution in [1.29, 1.82) is 0 Å². The molecule has 1 aromatic carbocycles. The summed E-state index contributed by atoms with van der Waals surface area (Å²) in [4.78, 5) is 23.9. The number of benzene rings is 1. The van der Waals surface area contributed by atoms with Crippen molar-refractivity contribution in [3.63, 3.8) is 0 Å². The molecule has 1 fully saturated rings. The molecule has 0 radical (unpaired) electrons. The van der Waals surface area contributed by atoms with Gasteiger partial charge in [-0.25, -0.2) is 4.79 Å². The van der Waals surface area contributed by atoms with E-state index in [0.717, 1.165) is 17.8 Å². The van der Waals surface area contributed by atoms with Crippen LogP contribution < -0.4 is 4.90 Å². The molecule has 0 unspecified atom stereocenters. The first-order valence-electron chi connectivity index (χ1n) is 4.65. The van der Waals surface area contributed by atoms with Crippen molar-refractivity contribution in [2.75, 3.05) is 4.90 Å². The monoisotopic (exact) mass is 265 g/mol. The smallest absolute Gasteiger partial charge is 0.329 e. The number of nitrogens with zero attached hydrogens (tertiary/aromatic N) is 1. The Balaban J connectivity index is 2.36. The largest absolute Gasteiger partial charge is 0.478 e. The summed E-state index contributed by atoms with van der Waals surface area (Å²) < 4.78 is 0.341. The van der Waals surface area contributed by atoms with Gasteiger partial charge in [0.15, 0.2) is 4.32 Å². The van der Waals surface area contributed by atoms with Gasteiger partial charge in [0.2, 0.25) is 0 Å². The first-order valence-corrected chi connectivity index (χ1v) is 5.88. The summed E-state index contributed by atoms with van der Waals surface area (Å²) in [5.74, 6) is -1.55. The highest BCUT2D eigenvalue weighted by Gasteiger charge is 2.33. The van der Waals surface area contributed by atoms with E-state index in [9.17, 15) is 9.59 Å². The lowest BCUT2D eigenvalue weighted by Crippen LogP contribution is -2.27. The zero-order valence-electron chi connectivity index (χ0n) is 8.49. The van der Waals surface area contributed by atoms with Crippen molar-refractivity contribution >= 4 is 45.9 Å². The van der Waals surface area contributed by atoms with Crippen molar-refractivity contribution in [1.82, 2.24) is 0 Å². The molecule has 2 rings (SSSR count). The number of carboxylic acid groups (broad SMARTS) is 1. The van der Waals surface area contributed by atoms with Gasteiger partial charge in [-0.3, -0.25) is 9.69 Å². The molecular weight excluding hydrogens is 258 g/mol. The molecule has 1 aliphatic heterocycles. The second-order valence-corrected chi connectivity index (χ2v) is 4.87. The average molecular weight is 265 g/mol. The molecule has 0 aromatic heterocycles. The molecule has 6 heteroatoms. The Morgan fingerprint density at radius 3 is 2.59 bits per heavy atom. The van der Waals surface area contributed by atoms with Gasteiger partial charge >= 0.3 is 5.97 Å². The van der Waals surface area contributed by atoms with E-state index in [1.165, 1.54) is 4.90 Å². The van der Waals surface area contributed by atoms with Crippen molar-refractivity contribution < 1.29 is 14.7 Å². The van der Waals surface area contributed by atoms with Gasteiger partial charge in [-0.05, 0) is 12.1 Å². The SMILES string of the molecule is O=C(O)/C=C1/SC(=S)N(c2ccccc2)C1=O. The molecule has 86 valence electrons. The molecule has 0 spiro atoms. The summed E-state index contributed by atoms with van der Waals surface area (Å²) in [6, 6.07) is 8.89. The fourth-order valence-electron chi connectivity index (χ4n) is 1.38. The molecule has 0 aliphatic carbocycles. The Labute approximate surface area is 107 Å². The third kappa shape index (κ3) is 2.37. The van der Waals surface area contributed by atoms with Crippen LogP contribution in [0.1, 0.15) is 0 Å². The van der Waals surface area contributed by atoms with E-state index in [4.69, 9.17) is 17.3 Å². The van der Waals surface area contributed by atoms with E-state index in [0.29, 0.717) is 10.0 Å². The molecule has 1 heterocycles. The summed E-state index contributed by atoms with van der Waals surface area (Å²) in [7, 11) is 0. The van der Waals surface area contributed by atoms with Gasteiger partial charge in [0, 0.05) is 6.08 Å². The second-order valence-electron chi connectivity index (χ2n) is 3.19. The quantitative estimate of drug-likeness (QED) is 0.655. The summed E-state index contributed by atoms with van der Waals surface area (Å²) in [5.41, 5.74) is 0.642. The van der Waals surface area contributed by atoms with Gasteiger partial charge in [0.25, 0.3) is 5.91 Å². The van der Waals surface area contributed by atoms with E-state index in [-0.39, 0.29) is 4.91 Å². The number of carbonyl (C=O) groups excluding carboxylic acids is 1. The number of rotatable bonds is 2. The van der Waals surface area contributed by atoms with Gasteiger partial charge in [-0.15, -0.1) is 0 Å². The van der Waals surface area contributed by atoms with E-state index in [1.54, 1.807) is 24.3 Å². The van der Waals surface area contributed by atoms with Crippen molar-refractivity contribution in [3.8, 4) is 0 Å². The van der Waals surface area contributed by atoms with E-state index < -0.39 is 11.9 Å². The van der Waals surface area contributed by atoms with E-state index in [1.807, 2.05) is 6.07 Å². The lowest BCUT2D eigenvalue weighted by atomic mass is 10.3. The van der Waals surface area contributed by atoms with Crippen molar-refractivity contribution in [2.24, 2.45) is 0 Å². The number of thiocarbonyl (C=S) groups is 1. The minimum atomic E-state index is -1.15. The Morgan fingerprint density at radius 1 is 1.35 bits per heavy atom. The number of amides is 1. The maximum Gasteiger partial charge on any atom is 0.329 e. The van der Waals surface area contributed by atoms with Gasteiger partial charge in [-0.2, -0.15) is 0 Å². The van der Waals surface area contributed by atoms with Crippen LogP contribution in [0.3, 0.4) is 0 Å². The number of hydrogen-bond acceptors (Lipinski definition) is 4. The van der Waals surface area contributed by atoms with Crippen LogP contribution in [-0.4, -0.2) is 21.3 Å². The molecule has 1 saturated heterocycles. The first kappa shape index (κ1) is 11.8. The molecule has 0 bridgehead atoms. The zero-order chi connectivity index (χ0) is 12.4. The van der Waals surface area contributed by atoms with Crippen LogP contribution in [-0.2, 0) is 9.59 Å². The number of carbonyl (C=O) groups is 2. The van der Waals surface area contributed by atoms with Crippen molar-refractivity contribution in [2.45, 2.75) is 0 Å². The molecule has 1 amide bonds. The van der Waals surface area contributed by atoms with Gasteiger partial charge in [0.05, 0.1) is 10.6 Å². The highest BCUT2D eigenvalue weighted by molar-refractivity contribution is 8.27. The zero-order valence-corrected chi connectivity index (χ0v) is 10.1. The number of anilines is 1. The summed E-state index contributed by atoms with van der Waals surface area (Å²) in [6.07, 6.45) is 0.877. The van der Waals surface area contributed by atoms with Crippen LogP contribution in [0.25, 0.3) is 0 Å². The number of aliphatic carboxylic acids is 1. The van der Waals surface area contributed by atoms with Crippen LogP contribution in [0, 0.1) is 0 Å². The fraction of sp³-hybridized carbons (Fsp3) is 0. The number of carboxylic acids is 1. The average Bonchev–Trinajstić information content (AvgIpc) is 2.54. The normalized spacial score (nSPS) is 17.9.